The number of nitrogens with two attached hydrogens (primary N) is 2. The fraction of sp³-hybridized carbons (Fsp3) is 0.917. The number of aliphatic hydroxyl groups excluding tert-OH is 8. The van der Waals surface area contributed by atoms with E-state index in [0.29, 0.717) is 0 Å². The monoisotopic (exact) mass is 390 g/mol. The van der Waals surface area contributed by atoms with Crippen molar-refractivity contribution < 1.29 is 60.3 Å². The number of aliphatic hydroxyl groups is 8. The molecule has 0 aromatic carbocycles. The molecule has 1 saturated heterocycles. The Balaban J connectivity index is 0.000000485. The molecule has 1 heterocycles. The Morgan fingerprint density at radius 1 is 1.08 bits per heavy atom. The second-order valence-corrected chi connectivity index (χ2v) is 5.43. The number of ether oxygens (including phenoxy) is 1. The Kier molecular flexibility index (Phi) is 11.2. The summed E-state index contributed by atoms with van der Waals surface area (Å²) in [6.07, 6.45) is -12.2. The molecule has 0 amide bonds. The molecule has 0 aliphatic carbocycles. The quantitative estimate of drug-likeness (QED) is 0.180. The van der Waals surface area contributed by atoms with Crippen LogP contribution < -0.4 is 11.6 Å². The fourth-order valence-electron chi connectivity index (χ4n) is 1.92. The first kappa shape index (κ1) is 25.0. The molecule has 1 aliphatic heterocycles. The molecule has 0 saturated carbocycles. The van der Waals surface area contributed by atoms with Crippen LogP contribution >= 0.6 is 0 Å². The Labute approximate surface area is 147 Å². The third kappa shape index (κ3) is 6.62. The molecule has 1 fully saturated rings. The van der Waals surface area contributed by atoms with Crippen molar-refractivity contribution >= 4 is 5.97 Å². The standard InChI is InChI=1S/C6H13NO7.C6H13NO5/c7-14-5(6(12)13)4(11)3(10)2(9)1-8;7-3-5(10)4(9)2(1-8)12-6(3)11/h2-5,8-11H,1,7H2,(H,12,13);2-6,8-11H,1,7H2/t2-,3-,4+,5-;2-,3-,4-,5-,6-/m11/s1. The second kappa shape index (κ2) is 11.7. The maximum atomic E-state index is 10.4. The van der Waals surface area contributed by atoms with E-state index in [9.17, 15) is 15.0 Å². The molecule has 0 radical (unpaired) electrons. The van der Waals surface area contributed by atoms with Gasteiger partial charge in [0.1, 0.15) is 36.6 Å². The summed E-state index contributed by atoms with van der Waals surface area (Å²) in [7, 11) is 0. The van der Waals surface area contributed by atoms with Gasteiger partial charge < -0.3 is 56.4 Å². The van der Waals surface area contributed by atoms with E-state index >= 15 is 0 Å². The van der Waals surface area contributed by atoms with Gasteiger partial charge in [-0.1, -0.05) is 0 Å². The van der Waals surface area contributed by atoms with Crippen LogP contribution in [0.15, 0.2) is 0 Å². The molecule has 9 atom stereocenters. The molecule has 1 rings (SSSR count). The highest BCUT2D eigenvalue weighted by molar-refractivity contribution is 5.73. The summed E-state index contributed by atoms with van der Waals surface area (Å²) in [4.78, 5) is 14.3. The van der Waals surface area contributed by atoms with Gasteiger partial charge in [0.2, 0.25) is 6.10 Å². The van der Waals surface area contributed by atoms with Crippen molar-refractivity contribution in [3.63, 3.8) is 0 Å². The molecular formula is C12H26N2O12. The van der Waals surface area contributed by atoms with E-state index < -0.39 is 74.2 Å². The van der Waals surface area contributed by atoms with Gasteiger partial charge in [-0.3, -0.25) is 4.84 Å². The predicted octanol–water partition coefficient (Wildman–Crippen LogP) is -6.85. The molecule has 26 heavy (non-hydrogen) atoms. The molecule has 0 aromatic rings. The number of carboxylic acid groups (broad SMARTS) is 1. The van der Waals surface area contributed by atoms with Gasteiger partial charge >= 0.3 is 5.97 Å². The summed E-state index contributed by atoms with van der Waals surface area (Å²) in [6.45, 7) is -1.29. The number of aliphatic carboxylic acids is 1. The Bertz CT molecular complexity index is 411. The van der Waals surface area contributed by atoms with Gasteiger partial charge in [-0.25, -0.2) is 10.7 Å². The van der Waals surface area contributed by atoms with Crippen molar-refractivity contribution in [3.8, 4) is 0 Å². The molecule has 14 heteroatoms. The maximum absolute atomic E-state index is 10.4. The zero-order chi connectivity index (χ0) is 20.6. The summed E-state index contributed by atoms with van der Waals surface area (Å²) in [5.74, 6) is 2.96. The van der Waals surface area contributed by atoms with Crippen LogP contribution in [0, 0.1) is 0 Å². The van der Waals surface area contributed by atoms with E-state index in [2.05, 4.69) is 10.7 Å². The summed E-state index contributed by atoms with van der Waals surface area (Å²) < 4.78 is 4.70. The number of carbonyl (C=O) groups is 1. The van der Waals surface area contributed by atoms with Crippen molar-refractivity contribution in [1.29, 1.82) is 0 Å². The summed E-state index contributed by atoms with van der Waals surface area (Å²) >= 11 is 0. The van der Waals surface area contributed by atoms with Crippen LogP contribution in [0.5, 0.6) is 0 Å². The fourth-order valence-corrected chi connectivity index (χ4v) is 1.92. The topological polar surface area (TPSA) is 270 Å². The summed E-state index contributed by atoms with van der Waals surface area (Å²) in [5, 5.41) is 80.0. The predicted molar refractivity (Wildman–Crippen MR) is 79.8 cm³/mol. The lowest BCUT2D eigenvalue weighted by Gasteiger charge is -2.38. The number of hydrogen-bond donors (Lipinski definition) is 11. The van der Waals surface area contributed by atoms with E-state index in [0.717, 1.165) is 0 Å². The smallest absolute Gasteiger partial charge is 0.337 e. The number of carboxylic acids is 1. The molecule has 0 bridgehead atoms. The third-order valence-electron chi connectivity index (χ3n) is 3.58. The van der Waals surface area contributed by atoms with Gasteiger partial charge in [0, 0.05) is 0 Å². The first-order valence-electron chi connectivity index (χ1n) is 7.32. The van der Waals surface area contributed by atoms with Crippen LogP contribution in [0.1, 0.15) is 0 Å². The SMILES string of the molecule is NO[C@@H](C(=O)O)[C@@H](O)[C@H](O)[C@H](O)CO.N[C@@H]1[C@@H](O)[C@H](O)[C@@H](CO)O[C@H]1O. The first-order chi connectivity index (χ1) is 12.0. The lowest BCUT2D eigenvalue weighted by atomic mass is 9.98. The van der Waals surface area contributed by atoms with Crippen molar-refractivity contribution in [2.24, 2.45) is 11.6 Å². The average molecular weight is 390 g/mol. The summed E-state index contributed by atoms with van der Waals surface area (Å²) in [5.41, 5.74) is 5.26. The van der Waals surface area contributed by atoms with Crippen LogP contribution in [-0.4, -0.2) is 120 Å². The van der Waals surface area contributed by atoms with Crippen LogP contribution in [0.25, 0.3) is 0 Å². The highest BCUT2D eigenvalue weighted by Crippen LogP contribution is 2.17. The minimum Gasteiger partial charge on any atom is -0.479 e. The van der Waals surface area contributed by atoms with Gasteiger partial charge in [-0.15, -0.1) is 0 Å². The van der Waals surface area contributed by atoms with Gasteiger partial charge in [0.25, 0.3) is 0 Å². The summed E-state index contributed by atoms with van der Waals surface area (Å²) in [6, 6.07) is -1.04. The molecule has 13 N–H and O–H groups in total. The largest absolute Gasteiger partial charge is 0.479 e. The van der Waals surface area contributed by atoms with Crippen molar-refractivity contribution in [1.82, 2.24) is 0 Å². The van der Waals surface area contributed by atoms with Crippen molar-refractivity contribution in [2.45, 2.75) is 55.1 Å². The zero-order valence-electron chi connectivity index (χ0n) is 13.5. The molecule has 156 valence electrons. The molecule has 0 spiro atoms. The second-order valence-electron chi connectivity index (χ2n) is 5.43. The maximum Gasteiger partial charge on any atom is 0.337 e. The number of rotatable bonds is 7. The van der Waals surface area contributed by atoms with Crippen molar-refractivity contribution in [3.05, 3.63) is 0 Å². The molecular weight excluding hydrogens is 364 g/mol. The minimum absolute atomic E-state index is 0.470. The van der Waals surface area contributed by atoms with Crippen LogP contribution in [-0.2, 0) is 14.4 Å². The first-order valence-corrected chi connectivity index (χ1v) is 7.32. The van der Waals surface area contributed by atoms with E-state index in [4.69, 9.17) is 46.2 Å². The Morgan fingerprint density at radius 2 is 1.62 bits per heavy atom. The van der Waals surface area contributed by atoms with Gasteiger partial charge in [-0.05, 0) is 0 Å². The van der Waals surface area contributed by atoms with Gasteiger partial charge in [-0.2, -0.15) is 0 Å². The average Bonchev–Trinajstić information content (AvgIpc) is 2.62. The third-order valence-corrected chi connectivity index (χ3v) is 3.58. The normalized spacial score (nSPS) is 33.4. The van der Waals surface area contributed by atoms with Crippen LogP contribution in [0.4, 0.5) is 0 Å². The van der Waals surface area contributed by atoms with Crippen LogP contribution in [0.2, 0.25) is 0 Å². The van der Waals surface area contributed by atoms with Gasteiger partial charge in [0.15, 0.2) is 6.29 Å². The zero-order valence-corrected chi connectivity index (χ0v) is 13.5. The highest BCUT2D eigenvalue weighted by atomic mass is 16.6. The lowest BCUT2D eigenvalue weighted by Crippen LogP contribution is -2.61. The molecule has 0 unspecified atom stereocenters. The van der Waals surface area contributed by atoms with E-state index in [1.807, 2.05) is 0 Å². The molecule has 1 aliphatic rings. The minimum atomic E-state index is -1.93. The van der Waals surface area contributed by atoms with Crippen molar-refractivity contribution in [2.75, 3.05) is 13.2 Å². The van der Waals surface area contributed by atoms with E-state index in [1.165, 1.54) is 0 Å². The van der Waals surface area contributed by atoms with Gasteiger partial charge in [0.05, 0.1) is 19.3 Å². The number of hydrogen-bond acceptors (Lipinski definition) is 13. The highest BCUT2D eigenvalue weighted by Gasteiger charge is 2.41. The van der Waals surface area contributed by atoms with E-state index in [1.54, 1.807) is 0 Å². The Morgan fingerprint density at radius 3 is 2.00 bits per heavy atom. The molecule has 14 nitrogen and oxygen atoms in total. The Hall–Kier alpha value is -1.01. The lowest BCUT2D eigenvalue weighted by molar-refractivity contribution is -0.248. The van der Waals surface area contributed by atoms with E-state index in [-0.39, 0.29) is 0 Å². The molecule has 0 aromatic heterocycles. The van der Waals surface area contributed by atoms with Crippen LogP contribution in [0.3, 0.4) is 0 Å².